The normalized spacial score (nSPS) is 26.6. The van der Waals surface area contributed by atoms with Crippen LogP contribution >= 0.6 is 0 Å². The first-order valence-electron chi connectivity index (χ1n) is 7.40. The van der Waals surface area contributed by atoms with Crippen molar-refractivity contribution in [2.45, 2.75) is 44.9 Å². The molecule has 3 fully saturated rings. The lowest BCUT2D eigenvalue weighted by Crippen LogP contribution is -2.32. The zero-order chi connectivity index (χ0) is 12.6. The summed E-state index contributed by atoms with van der Waals surface area (Å²) in [5.74, 6) is 3.35. The Labute approximate surface area is 109 Å². The van der Waals surface area contributed by atoms with E-state index in [9.17, 15) is 0 Å². The van der Waals surface area contributed by atoms with Gasteiger partial charge >= 0.3 is 0 Å². The van der Waals surface area contributed by atoms with Crippen LogP contribution < -0.4 is 11.1 Å². The highest BCUT2D eigenvalue weighted by atomic mass is 16.4. The largest absolute Gasteiger partial charge is 0.409 e. The third-order valence-electron chi connectivity index (χ3n) is 4.98. The van der Waals surface area contributed by atoms with Crippen molar-refractivity contribution in [2.24, 2.45) is 34.1 Å². The lowest BCUT2D eigenvalue weighted by atomic mass is 9.96. The number of hydrogen-bond donors (Lipinski definition) is 3. The number of hydrogen-bond acceptors (Lipinski definition) is 3. The highest BCUT2D eigenvalue weighted by Gasteiger charge is 2.44. The van der Waals surface area contributed by atoms with E-state index in [1.807, 2.05) is 0 Å². The molecule has 3 saturated carbocycles. The molecular weight excluding hydrogens is 226 g/mol. The lowest BCUT2D eigenvalue weighted by Gasteiger charge is -2.20. The summed E-state index contributed by atoms with van der Waals surface area (Å²) < 4.78 is 0. The van der Waals surface area contributed by atoms with Gasteiger partial charge < -0.3 is 16.3 Å². The number of oxime groups is 1. The van der Waals surface area contributed by atoms with Crippen molar-refractivity contribution in [3.8, 4) is 0 Å². The van der Waals surface area contributed by atoms with Crippen LogP contribution in [0.4, 0.5) is 0 Å². The molecule has 4 nitrogen and oxygen atoms in total. The fourth-order valence-corrected chi connectivity index (χ4v) is 3.28. The molecule has 0 aromatic carbocycles. The van der Waals surface area contributed by atoms with Crippen molar-refractivity contribution in [3.05, 3.63) is 0 Å². The van der Waals surface area contributed by atoms with Gasteiger partial charge in [-0.15, -0.1) is 0 Å². The fraction of sp³-hybridized carbons (Fsp3) is 0.929. The number of nitrogens with two attached hydrogens (primary N) is 1. The highest BCUT2D eigenvalue weighted by molar-refractivity contribution is 5.80. The van der Waals surface area contributed by atoms with Crippen LogP contribution in [0.1, 0.15) is 44.9 Å². The van der Waals surface area contributed by atoms with E-state index in [1.165, 1.54) is 45.1 Å². The van der Waals surface area contributed by atoms with Gasteiger partial charge in [0, 0.05) is 13.0 Å². The number of amidine groups is 1. The summed E-state index contributed by atoms with van der Waals surface area (Å²) in [6, 6.07) is 0. The van der Waals surface area contributed by atoms with Gasteiger partial charge in [-0.05, 0) is 68.2 Å². The van der Waals surface area contributed by atoms with Crippen LogP contribution in [-0.2, 0) is 0 Å². The molecule has 0 radical (unpaired) electrons. The Morgan fingerprint density at radius 1 is 1.28 bits per heavy atom. The van der Waals surface area contributed by atoms with Crippen LogP contribution in [0.5, 0.6) is 0 Å². The van der Waals surface area contributed by atoms with E-state index in [4.69, 9.17) is 10.9 Å². The summed E-state index contributed by atoms with van der Waals surface area (Å²) in [5.41, 5.74) is 5.92. The maximum Gasteiger partial charge on any atom is 0.139 e. The van der Waals surface area contributed by atoms with Crippen LogP contribution in [0.25, 0.3) is 0 Å². The molecule has 0 atom stereocenters. The Hall–Kier alpha value is -0.770. The molecule has 3 aliphatic carbocycles. The summed E-state index contributed by atoms with van der Waals surface area (Å²) in [4.78, 5) is 0. The summed E-state index contributed by atoms with van der Waals surface area (Å²) in [7, 11) is 0. The van der Waals surface area contributed by atoms with Gasteiger partial charge in [-0.3, -0.25) is 0 Å². The molecule has 18 heavy (non-hydrogen) atoms. The zero-order valence-electron chi connectivity index (χ0n) is 11.1. The molecule has 0 unspecified atom stereocenters. The number of nitrogens with one attached hydrogen (secondary N) is 1. The number of nitrogens with zero attached hydrogens (tertiary/aromatic N) is 1. The van der Waals surface area contributed by atoms with Crippen LogP contribution in [0.15, 0.2) is 5.16 Å². The van der Waals surface area contributed by atoms with Gasteiger partial charge in [-0.1, -0.05) is 5.16 Å². The monoisotopic (exact) mass is 251 g/mol. The number of rotatable bonds is 8. The van der Waals surface area contributed by atoms with E-state index in [0.717, 1.165) is 30.7 Å². The van der Waals surface area contributed by atoms with Crippen molar-refractivity contribution < 1.29 is 5.21 Å². The van der Waals surface area contributed by atoms with E-state index in [2.05, 4.69) is 10.5 Å². The van der Waals surface area contributed by atoms with Crippen LogP contribution in [0.2, 0.25) is 0 Å². The van der Waals surface area contributed by atoms with Crippen molar-refractivity contribution in [1.29, 1.82) is 0 Å². The summed E-state index contributed by atoms with van der Waals surface area (Å²) >= 11 is 0. The second-order valence-corrected chi connectivity index (χ2v) is 6.74. The molecule has 0 aliphatic heterocycles. The minimum absolute atomic E-state index is 0.300. The Morgan fingerprint density at radius 2 is 1.89 bits per heavy atom. The van der Waals surface area contributed by atoms with E-state index in [-0.39, 0.29) is 0 Å². The SMILES string of the molecule is NC(CC1(CNCC(C2CC2)C2CC2)CC1)=NO. The molecule has 0 aromatic heterocycles. The predicted molar refractivity (Wildman–Crippen MR) is 71.5 cm³/mol. The summed E-state index contributed by atoms with van der Waals surface area (Å²) in [6.07, 6.45) is 9.00. The Balaban J connectivity index is 1.41. The van der Waals surface area contributed by atoms with Gasteiger partial charge in [0.25, 0.3) is 0 Å². The van der Waals surface area contributed by atoms with Gasteiger partial charge in [-0.25, -0.2) is 0 Å². The van der Waals surface area contributed by atoms with Gasteiger partial charge in [0.15, 0.2) is 0 Å². The molecule has 102 valence electrons. The Bertz CT molecular complexity index is 318. The predicted octanol–water partition coefficient (Wildman–Crippen LogP) is 1.93. The first-order valence-corrected chi connectivity index (χ1v) is 7.40. The standard InChI is InChI=1S/C14H25N3O/c15-13(17-18)7-14(5-6-14)9-16-8-12(10-1-2-10)11-3-4-11/h10-12,16,18H,1-9H2,(H2,15,17). The molecule has 3 rings (SSSR count). The molecule has 3 aliphatic rings. The topological polar surface area (TPSA) is 70.6 Å². The van der Waals surface area contributed by atoms with Crippen LogP contribution in [-0.4, -0.2) is 24.1 Å². The van der Waals surface area contributed by atoms with Crippen LogP contribution in [0.3, 0.4) is 0 Å². The average molecular weight is 251 g/mol. The molecule has 0 amide bonds. The smallest absolute Gasteiger partial charge is 0.139 e. The summed E-state index contributed by atoms with van der Waals surface area (Å²) in [6.45, 7) is 2.23. The van der Waals surface area contributed by atoms with Crippen molar-refractivity contribution in [3.63, 3.8) is 0 Å². The Morgan fingerprint density at radius 3 is 2.33 bits per heavy atom. The maximum atomic E-state index is 8.64. The average Bonchev–Trinajstić information content (AvgIpc) is 3.22. The molecule has 0 aromatic rings. The zero-order valence-corrected chi connectivity index (χ0v) is 11.1. The van der Waals surface area contributed by atoms with E-state index in [1.54, 1.807) is 0 Å². The minimum Gasteiger partial charge on any atom is -0.409 e. The van der Waals surface area contributed by atoms with Crippen LogP contribution in [0, 0.1) is 23.2 Å². The van der Waals surface area contributed by atoms with Crippen molar-refractivity contribution in [1.82, 2.24) is 5.32 Å². The molecule has 0 spiro atoms. The highest BCUT2D eigenvalue weighted by Crippen LogP contribution is 2.50. The second kappa shape index (κ2) is 4.72. The van der Waals surface area contributed by atoms with Crippen molar-refractivity contribution in [2.75, 3.05) is 13.1 Å². The maximum absolute atomic E-state index is 8.64. The Kier molecular flexibility index (Phi) is 3.22. The molecule has 4 N–H and O–H groups in total. The van der Waals surface area contributed by atoms with Crippen molar-refractivity contribution >= 4 is 5.84 Å². The second-order valence-electron chi connectivity index (χ2n) is 6.74. The van der Waals surface area contributed by atoms with Gasteiger partial charge in [0.05, 0.1) is 0 Å². The first kappa shape index (κ1) is 12.3. The quantitative estimate of drug-likeness (QED) is 0.267. The molecule has 0 heterocycles. The molecule has 0 bridgehead atoms. The molecule has 0 saturated heterocycles. The third kappa shape index (κ3) is 2.97. The van der Waals surface area contributed by atoms with E-state index in [0.29, 0.717) is 11.3 Å². The lowest BCUT2D eigenvalue weighted by molar-refractivity contribution is 0.313. The molecular formula is C14H25N3O. The fourth-order valence-electron chi connectivity index (χ4n) is 3.28. The van der Waals surface area contributed by atoms with Gasteiger partial charge in [0.1, 0.15) is 5.84 Å². The molecule has 4 heteroatoms. The van der Waals surface area contributed by atoms with E-state index >= 15 is 0 Å². The van der Waals surface area contributed by atoms with Gasteiger partial charge in [0.2, 0.25) is 0 Å². The summed E-state index contributed by atoms with van der Waals surface area (Å²) in [5, 5.41) is 15.4. The van der Waals surface area contributed by atoms with E-state index < -0.39 is 0 Å². The van der Waals surface area contributed by atoms with Gasteiger partial charge in [-0.2, -0.15) is 0 Å². The third-order valence-corrected chi connectivity index (χ3v) is 4.98. The minimum atomic E-state index is 0.300. The first-order chi connectivity index (χ1) is 8.72.